The van der Waals surface area contributed by atoms with Gasteiger partial charge in [0.15, 0.2) is 0 Å². The van der Waals surface area contributed by atoms with E-state index in [0.717, 1.165) is 5.56 Å². The van der Waals surface area contributed by atoms with Crippen LogP contribution in [0.5, 0.6) is 0 Å². The first-order chi connectivity index (χ1) is 9.63. The molecule has 0 unspecified atom stereocenters. The Hall–Kier alpha value is -2.07. The Morgan fingerprint density at radius 3 is 2.05 bits per heavy atom. The van der Waals surface area contributed by atoms with Gasteiger partial charge in [0.1, 0.15) is 0 Å². The standard InChI is InChI=1S/C16H17NO2S/c1-2-17(16-11-7-4-8-12-16)20(18,19)14-13-15-9-5-3-6-10-15/h3-14H,2H2,1H3/b14-13+. The maximum absolute atomic E-state index is 12.4. The number of hydrogen-bond donors (Lipinski definition) is 0. The van der Waals surface area contributed by atoms with E-state index in [2.05, 4.69) is 0 Å². The molecule has 0 radical (unpaired) electrons. The Kier molecular flexibility index (Phi) is 4.58. The van der Waals surface area contributed by atoms with E-state index in [9.17, 15) is 8.42 Å². The molecule has 2 aromatic carbocycles. The van der Waals surface area contributed by atoms with Crippen molar-refractivity contribution in [2.24, 2.45) is 0 Å². The summed E-state index contributed by atoms with van der Waals surface area (Å²) >= 11 is 0. The van der Waals surface area contributed by atoms with Gasteiger partial charge in [-0.15, -0.1) is 0 Å². The van der Waals surface area contributed by atoms with Crippen molar-refractivity contribution in [3.8, 4) is 0 Å². The third-order valence-electron chi connectivity index (χ3n) is 2.87. The first-order valence-electron chi connectivity index (χ1n) is 6.44. The summed E-state index contributed by atoms with van der Waals surface area (Å²) in [6, 6.07) is 18.5. The fourth-order valence-electron chi connectivity index (χ4n) is 1.91. The third kappa shape index (κ3) is 3.48. The van der Waals surface area contributed by atoms with Crippen molar-refractivity contribution in [2.75, 3.05) is 10.8 Å². The Labute approximate surface area is 120 Å². The number of benzene rings is 2. The molecule has 0 fully saturated rings. The molecule has 0 spiro atoms. The van der Waals surface area contributed by atoms with Crippen LogP contribution in [-0.2, 0) is 10.0 Å². The second kappa shape index (κ2) is 6.39. The molecule has 2 aromatic rings. The van der Waals surface area contributed by atoms with Crippen LogP contribution in [0, 0.1) is 0 Å². The van der Waals surface area contributed by atoms with E-state index < -0.39 is 10.0 Å². The van der Waals surface area contributed by atoms with Gasteiger partial charge in [-0.2, -0.15) is 0 Å². The Balaban J connectivity index is 2.27. The van der Waals surface area contributed by atoms with Crippen molar-refractivity contribution in [3.63, 3.8) is 0 Å². The number of nitrogens with zero attached hydrogens (tertiary/aromatic N) is 1. The highest BCUT2D eigenvalue weighted by Gasteiger charge is 2.17. The van der Waals surface area contributed by atoms with Crippen molar-refractivity contribution in [1.82, 2.24) is 0 Å². The fourth-order valence-corrected chi connectivity index (χ4v) is 3.16. The molecule has 2 rings (SSSR count). The Morgan fingerprint density at radius 2 is 1.50 bits per heavy atom. The average Bonchev–Trinajstić information content (AvgIpc) is 2.48. The van der Waals surface area contributed by atoms with Gasteiger partial charge in [-0.1, -0.05) is 48.5 Å². The van der Waals surface area contributed by atoms with Crippen LogP contribution in [-0.4, -0.2) is 15.0 Å². The monoisotopic (exact) mass is 287 g/mol. The van der Waals surface area contributed by atoms with Gasteiger partial charge in [-0.25, -0.2) is 8.42 Å². The van der Waals surface area contributed by atoms with Crippen molar-refractivity contribution in [2.45, 2.75) is 6.92 Å². The summed E-state index contributed by atoms with van der Waals surface area (Å²) in [5, 5.41) is 1.25. The second-order valence-electron chi connectivity index (χ2n) is 4.26. The first kappa shape index (κ1) is 14.3. The zero-order valence-electron chi connectivity index (χ0n) is 11.3. The van der Waals surface area contributed by atoms with Gasteiger partial charge in [0.05, 0.1) is 11.1 Å². The lowest BCUT2D eigenvalue weighted by molar-refractivity contribution is 0.601. The molecule has 0 bridgehead atoms. The zero-order valence-corrected chi connectivity index (χ0v) is 12.1. The highest BCUT2D eigenvalue weighted by atomic mass is 32.2. The van der Waals surface area contributed by atoms with Gasteiger partial charge in [-0.3, -0.25) is 4.31 Å². The summed E-state index contributed by atoms with van der Waals surface area (Å²) < 4.78 is 26.1. The normalized spacial score (nSPS) is 11.7. The van der Waals surface area contributed by atoms with E-state index in [4.69, 9.17) is 0 Å². The second-order valence-corrected chi connectivity index (χ2v) is 6.00. The van der Waals surface area contributed by atoms with Crippen LogP contribution in [0.4, 0.5) is 5.69 Å². The summed E-state index contributed by atoms with van der Waals surface area (Å²) in [5.41, 5.74) is 1.54. The maximum Gasteiger partial charge on any atom is 0.257 e. The van der Waals surface area contributed by atoms with Gasteiger partial charge >= 0.3 is 0 Å². The number of anilines is 1. The molecule has 0 aliphatic heterocycles. The largest absolute Gasteiger partial charge is 0.267 e. The molecule has 0 saturated carbocycles. The smallest absolute Gasteiger partial charge is 0.257 e. The van der Waals surface area contributed by atoms with Crippen LogP contribution in [0.3, 0.4) is 0 Å². The molecule has 0 saturated heterocycles. The quantitative estimate of drug-likeness (QED) is 0.844. The minimum atomic E-state index is -3.47. The summed E-state index contributed by atoms with van der Waals surface area (Å²) in [7, 11) is -3.47. The molecule has 0 aromatic heterocycles. The third-order valence-corrected chi connectivity index (χ3v) is 4.43. The maximum atomic E-state index is 12.4. The highest BCUT2D eigenvalue weighted by Crippen LogP contribution is 2.18. The van der Waals surface area contributed by atoms with E-state index in [1.54, 1.807) is 18.2 Å². The zero-order chi connectivity index (χ0) is 14.4. The van der Waals surface area contributed by atoms with E-state index >= 15 is 0 Å². The van der Waals surface area contributed by atoms with E-state index in [0.29, 0.717) is 12.2 Å². The molecule has 0 N–H and O–H groups in total. The Bertz CT molecular complexity index is 664. The van der Waals surface area contributed by atoms with Gasteiger partial charge in [0.25, 0.3) is 10.0 Å². The van der Waals surface area contributed by atoms with Crippen LogP contribution < -0.4 is 4.31 Å². The van der Waals surface area contributed by atoms with Crippen LogP contribution in [0.1, 0.15) is 12.5 Å². The molecule has 4 heteroatoms. The topological polar surface area (TPSA) is 37.4 Å². The predicted molar refractivity (Wildman–Crippen MR) is 83.9 cm³/mol. The van der Waals surface area contributed by atoms with E-state index in [1.165, 1.54) is 9.71 Å². The Morgan fingerprint density at radius 1 is 0.950 bits per heavy atom. The molecule has 104 valence electrons. The summed E-state index contributed by atoms with van der Waals surface area (Å²) in [6.07, 6.45) is 1.61. The molecular formula is C16H17NO2S. The summed E-state index contributed by atoms with van der Waals surface area (Å²) in [6.45, 7) is 2.21. The number of sulfonamides is 1. The first-order valence-corrected chi connectivity index (χ1v) is 7.95. The highest BCUT2D eigenvalue weighted by molar-refractivity contribution is 7.95. The van der Waals surface area contributed by atoms with E-state index in [-0.39, 0.29) is 0 Å². The molecule has 20 heavy (non-hydrogen) atoms. The van der Waals surface area contributed by atoms with Gasteiger partial charge in [0.2, 0.25) is 0 Å². The SMILES string of the molecule is CCN(c1ccccc1)S(=O)(=O)/C=C/c1ccccc1. The number of rotatable bonds is 5. The molecule has 0 amide bonds. The van der Waals surface area contributed by atoms with Crippen molar-refractivity contribution in [1.29, 1.82) is 0 Å². The molecule has 0 atom stereocenters. The number of para-hydroxylation sites is 1. The van der Waals surface area contributed by atoms with Crippen molar-refractivity contribution >= 4 is 21.8 Å². The molecule has 0 heterocycles. The van der Waals surface area contributed by atoms with Gasteiger partial charge in [-0.05, 0) is 30.7 Å². The summed E-state index contributed by atoms with van der Waals surface area (Å²) in [5.74, 6) is 0. The minimum absolute atomic E-state index is 0.394. The predicted octanol–water partition coefficient (Wildman–Crippen LogP) is 3.51. The van der Waals surface area contributed by atoms with Crippen LogP contribution >= 0.6 is 0 Å². The summed E-state index contributed by atoms with van der Waals surface area (Å²) in [4.78, 5) is 0. The fraction of sp³-hybridized carbons (Fsp3) is 0.125. The van der Waals surface area contributed by atoms with Crippen molar-refractivity contribution < 1.29 is 8.42 Å². The lowest BCUT2D eigenvalue weighted by atomic mass is 10.2. The van der Waals surface area contributed by atoms with E-state index in [1.807, 2.05) is 55.5 Å². The van der Waals surface area contributed by atoms with Crippen LogP contribution in [0.15, 0.2) is 66.1 Å². The van der Waals surface area contributed by atoms with Gasteiger partial charge < -0.3 is 0 Å². The minimum Gasteiger partial charge on any atom is -0.267 e. The lowest BCUT2D eigenvalue weighted by Gasteiger charge is -2.20. The number of hydrogen-bond acceptors (Lipinski definition) is 2. The van der Waals surface area contributed by atoms with Crippen LogP contribution in [0.2, 0.25) is 0 Å². The molecule has 0 aliphatic carbocycles. The average molecular weight is 287 g/mol. The lowest BCUT2D eigenvalue weighted by Crippen LogP contribution is -2.28. The van der Waals surface area contributed by atoms with Crippen molar-refractivity contribution in [3.05, 3.63) is 71.6 Å². The molecular weight excluding hydrogens is 270 g/mol. The molecule has 0 aliphatic rings. The van der Waals surface area contributed by atoms with Gasteiger partial charge in [0, 0.05) is 6.54 Å². The van der Waals surface area contributed by atoms with Crippen LogP contribution in [0.25, 0.3) is 6.08 Å². The molecule has 3 nitrogen and oxygen atoms in total.